The van der Waals surface area contributed by atoms with E-state index in [-0.39, 0.29) is 5.91 Å². The van der Waals surface area contributed by atoms with Gasteiger partial charge in [0, 0.05) is 18.7 Å². The molecule has 3 amide bonds. The van der Waals surface area contributed by atoms with Crippen LogP contribution in [0.3, 0.4) is 0 Å². The van der Waals surface area contributed by atoms with Gasteiger partial charge in [-0.3, -0.25) is 10.1 Å². The molecule has 0 aliphatic heterocycles. The molecule has 1 unspecified atom stereocenters. The van der Waals surface area contributed by atoms with Crippen molar-refractivity contribution in [1.29, 1.82) is 0 Å². The van der Waals surface area contributed by atoms with E-state index in [1.54, 1.807) is 13.8 Å². The van der Waals surface area contributed by atoms with E-state index < -0.39 is 11.3 Å². The van der Waals surface area contributed by atoms with Gasteiger partial charge in [0.15, 0.2) is 11.0 Å². The van der Waals surface area contributed by atoms with Crippen LogP contribution in [0.15, 0.2) is 29.4 Å². The van der Waals surface area contributed by atoms with Crippen LogP contribution in [0.1, 0.15) is 26.3 Å². The fourth-order valence-electron chi connectivity index (χ4n) is 2.31. The predicted molar refractivity (Wildman–Crippen MR) is 98.4 cm³/mol. The first-order valence-corrected chi connectivity index (χ1v) is 9.10. The molecule has 0 spiro atoms. The second-order valence-electron chi connectivity index (χ2n) is 5.47. The average Bonchev–Trinajstić information content (AvgIpc) is 2.97. The zero-order chi connectivity index (χ0) is 18.4. The lowest BCUT2D eigenvalue weighted by Gasteiger charge is -2.12. The highest BCUT2D eigenvalue weighted by Gasteiger charge is 2.21. The Hall–Kier alpha value is -2.35. The van der Waals surface area contributed by atoms with Crippen molar-refractivity contribution in [2.45, 2.75) is 44.6 Å². The summed E-state index contributed by atoms with van der Waals surface area (Å²) in [6.07, 6.45) is 0. The summed E-state index contributed by atoms with van der Waals surface area (Å²) in [5, 5.41) is 13.6. The number of carbonyl (C=O) groups is 2. The van der Waals surface area contributed by atoms with Crippen LogP contribution in [-0.4, -0.2) is 38.5 Å². The highest BCUT2D eigenvalue weighted by atomic mass is 32.2. The zero-order valence-electron chi connectivity index (χ0n) is 14.9. The Kier molecular flexibility index (Phi) is 6.58. The van der Waals surface area contributed by atoms with Crippen LogP contribution in [-0.2, 0) is 11.3 Å². The second kappa shape index (κ2) is 8.66. The number of hydrogen-bond acceptors (Lipinski definition) is 5. The predicted octanol–water partition coefficient (Wildman–Crippen LogP) is 2.60. The quantitative estimate of drug-likeness (QED) is 0.772. The highest BCUT2D eigenvalue weighted by Crippen LogP contribution is 2.28. The van der Waals surface area contributed by atoms with Gasteiger partial charge in [0.1, 0.15) is 0 Å². The molecule has 0 saturated heterocycles. The first kappa shape index (κ1) is 19.0. The standard InChI is InChI=1S/C17H23N5O2S/c1-5-18-16(24)19-15(23)12(4)25-17-21-20-14(22(17)6-2)13-10-8-7-9-11(13)3/h7-10,12H,5-6H2,1-4H3,(H2,18,19,23,24). The molecule has 0 radical (unpaired) electrons. The number of nitrogens with one attached hydrogen (secondary N) is 2. The third-order valence-corrected chi connectivity index (χ3v) is 4.73. The third kappa shape index (κ3) is 4.60. The fraction of sp³-hybridized carbons (Fsp3) is 0.412. The minimum atomic E-state index is -0.488. The lowest BCUT2D eigenvalue weighted by Crippen LogP contribution is -2.42. The number of carbonyl (C=O) groups excluding carboxylic acids is 2. The number of imide groups is 1. The molecule has 1 atom stereocenters. The first-order valence-electron chi connectivity index (χ1n) is 8.22. The average molecular weight is 361 g/mol. The number of urea groups is 1. The molecular formula is C17H23N5O2S. The molecule has 1 aromatic heterocycles. The van der Waals surface area contributed by atoms with Gasteiger partial charge in [0.25, 0.3) is 0 Å². The number of nitrogens with zero attached hydrogens (tertiary/aromatic N) is 3. The monoisotopic (exact) mass is 361 g/mol. The van der Waals surface area contributed by atoms with Gasteiger partial charge >= 0.3 is 6.03 Å². The lowest BCUT2D eigenvalue weighted by atomic mass is 10.1. The number of aromatic nitrogens is 3. The Labute approximate surface area is 151 Å². The Morgan fingerprint density at radius 3 is 2.60 bits per heavy atom. The normalized spacial score (nSPS) is 11.8. The maximum absolute atomic E-state index is 12.1. The summed E-state index contributed by atoms with van der Waals surface area (Å²) in [5.74, 6) is 0.415. The Morgan fingerprint density at radius 1 is 1.24 bits per heavy atom. The van der Waals surface area contributed by atoms with Gasteiger partial charge in [0.2, 0.25) is 5.91 Å². The van der Waals surface area contributed by atoms with E-state index in [1.807, 2.05) is 42.7 Å². The van der Waals surface area contributed by atoms with Crippen LogP contribution in [0.4, 0.5) is 4.79 Å². The summed E-state index contributed by atoms with van der Waals surface area (Å²) in [4.78, 5) is 23.6. The molecule has 8 heteroatoms. The molecule has 7 nitrogen and oxygen atoms in total. The van der Waals surface area contributed by atoms with Gasteiger partial charge in [0.05, 0.1) is 5.25 Å². The van der Waals surface area contributed by atoms with Gasteiger partial charge < -0.3 is 9.88 Å². The molecule has 0 bridgehead atoms. The van der Waals surface area contributed by atoms with Crippen molar-refractivity contribution in [3.8, 4) is 11.4 Å². The molecule has 2 N–H and O–H groups in total. The van der Waals surface area contributed by atoms with Crippen molar-refractivity contribution in [2.24, 2.45) is 0 Å². The number of benzene rings is 1. The number of amides is 3. The number of rotatable bonds is 6. The highest BCUT2D eigenvalue weighted by molar-refractivity contribution is 8.00. The van der Waals surface area contributed by atoms with Gasteiger partial charge in [-0.15, -0.1) is 10.2 Å². The summed E-state index contributed by atoms with van der Waals surface area (Å²) in [6, 6.07) is 7.49. The van der Waals surface area contributed by atoms with Crippen LogP contribution in [0, 0.1) is 6.92 Å². The van der Waals surface area contributed by atoms with Gasteiger partial charge in [-0.05, 0) is 33.3 Å². The van der Waals surface area contributed by atoms with Crippen LogP contribution in [0.2, 0.25) is 0 Å². The van der Waals surface area contributed by atoms with Crippen LogP contribution >= 0.6 is 11.8 Å². The van der Waals surface area contributed by atoms with Crippen LogP contribution in [0.25, 0.3) is 11.4 Å². The molecule has 1 aromatic carbocycles. The molecular weight excluding hydrogens is 338 g/mol. The topological polar surface area (TPSA) is 88.9 Å². The molecule has 2 rings (SSSR count). The molecule has 2 aromatic rings. The van der Waals surface area contributed by atoms with Crippen LogP contribution in [0.5, 0.6) is 0 Å². The van der Waals surface area contributed by atoms with E-state index >= 15 is 0 Å². The molecule has 0 aliphatic carbocycles. The van der Waals surface area contributed by atoms with E-state index in [9.17, 15) is 9.59 Å². The molecule has 0 aliphatic rings. The van der Waals surface area contributed by atoms with Crippen LogP contribution < -0.4 is 10.6 Å². The summed E-state index contributed by atoms with van der Waals surface area (Å²) in [5.41, 5.74) is 2.13. The molecule has 1 heterocycles. The van der Waals surface area contributed by atoms with E-state index in [1.165, 1.54) is 11.8 Å². The molecule has 0 fully saturated rings. The van der Waals surface area contributed by atoms with Gasteiger partial charge in [-0.25, -0.2) is 4.79 Å². The van der Waals surface area contributed by atoms with Gasteiger partial charge in [-0.2, -0.15) is 0 Å². The minimum absolute atomic E-state index is 0.362. The Balaban J connectivity index is 2.17. The number of aryl methyl sites for hydroxylation is 1. The summed E-state index contributed by atoms with van der Waals surface area (Å²) in [7, 11) is 0. The Bertz CT molecular complexity index is 759. The second-order valence-corrected chi connectivity index (χ2v) is 6.78. The molecule has 0 saturated carbocycles. The fourth-order valence-corrected chi connectivity index (χ4v) is 3.23. The van der Waals surface area contributed by atoms with Gasteiger partial charge in [-0.1, -0.05) is 36.0 Å². The lowest BCUT2D eigenvalue weighted by molar-refractivity contribution is -0.119. The van der Waals surface area contributed by atoms with E-state index in [2.05, 4.69) is 20.8 Å². The zero-order valence-corrected chi connectivity index (χ0v) is 15.7. The van der Waals surface area contributed by atoms with Crippen molar-refractivity contribution in [3.63, 3.8) is 0 Å². The van der Waals surface area contributed by atoms with Crippen molar-refractivity contribution in [3.05, 3.63) is 29.8 Å². The summed E-state index contributed by atoms with van der Waals surface area (Å²) >= 11 is 1.28. The Morgan fingerprint density at radius 2 is 1.96 bits per heavy atom. The van der Waals surface area contributed by atoms with E-state index in [4.69, 9.17) is 0 Å². The maximum Gasteiger partial charge on any atom is 0.321 e. The summed E-state index contributed by atoms with van der Waals surface area (Å²) < 4.78 is 1.98. The summed E-state index contributed by atoms with van der Waals surface area (Å²) in [6.45, 7) is 8.71. The minimum Gasteiger partial charge on any atom is -0.338 e. The molecule has 134 valence electrons. The van der Waals surface area contributed by atoms with Crippen molar-refractivity contribution in [1.82, 2.24) is 25.4 Å². The smallest absolute Gasteiger partial charge is 0.321 e. The number of thioether (sulfide) groups is 1. The largest absolute Gasteiger partial charge is 0.338 e. The van der Waals surface area contributed by atoms with E-state index in [0.717, 1.165) is 17.0 Å². The maximum atomic E-state index is 12.1. The molecule has 25 heavy (non-hydrogen) atoms. The first-order chi connectivity index (χ1) is 12.0. The van der Waals surface area contributed by atoms with Crippen molar-refractivity contribution < 1.29 is 9.59 Å². The number of hydrogen-bond donors (Lipinski definition) is 2. The third-order valence-electron chi connectivity index (χ3n) is 3.64. The SMILES string of the molecule is CCNC(=O)NC(=O)C(C)Sc1nnc(-c2ccccc2C)n1CC. The van der Waals surface area contributed by atoms with Crippen molar-refractivity contribution >= 4 is 23.7 Å². The van der Waals surface area contributed by atoms with Crippen molar-refractivity contribution in [2.75, 3.05) is 6.54 Å². The van der Waals surface area contributed by atoms with E-state index in [0.29, 0.717) is 18.2 Å².